The van der Waals surface area contributed by atoms with Crippen molar-refractivity contribution in [2.45, 2.75) is 44.3 Å². The van der Waals surface area contributed by atoms with Crippen LogP contribution in [0.1, 0.15) is 31.1 Å². The zero-order valence-corrected chi connectivity index (χ0v) is 18.9. The van der Waals surface area contributed by atoms with Gasteiger partial charge in [0.2, 0.25) is 0 Å². The highest BCUT2D eigenvalue weighted by atomic mass is 35.5. The van der Waals surface area contributed by atoms with E-state index in [1.54, 1.807) is 45.6 Å². The molecule has 7 nitrogen and oxygen atoms in total. The predicted octanol–water partition coefficient (Wildman–Crippen LogP) is 4.22. The van der Waals surface area contributed by atoms with Crippen LogP contribution in [0.2, 0.25) is 5.02 Å². The van der Waals surface area contributed by atoms with Crippen molar-refractivity contribution >= 4 is 34.5 Å². The zero-order chi connectivity index (χ0) is 22.0. The second kappa shape index (κ2) is 9.20. The van der Waals surface area contributed by atoms with E-state index < -0.39 is 0 Å². The highest BCUT2D eigenvalue weighted by molar-refractivity contribution is 7.98. The van der Waals surface area contributed by atoms with E-state index in [2.05, 4.69) is 11.9 Å². The summed E-state index contributed by atoms with van der Waals surface area (Å²) in [6, 6.07) is 9.24. The molecular weight excluding hydrogens is 436 g/mol. The fourth-order valence-corrected chi connectivity index (χ4v) is 4.47. The maximum absolute atomic E-state index is 13.4. The fourth-order valence-electron chi connectivity index (χ4n) is 3.58. The second-order valence-electron chi connectivity index (χ2n) is 7.27. The lowest BCUT2D eigenvalue weighted by Gasteiger charge is -2.13. The van der Waals surface area contributed by atoms with Gasteiger partial charge in [0.1, 0.15) is 5.76 Å². The molecule has 0 radical (unpaired) electrons. The lowest BCUT2D eigenvalue weighted by Crippen LogP contribution is -2.41. The van der Waals surface area contributed by atoms with Gasteiger partial charge in [-0.25, -0.2) is 9.78 Å². The predicted molar refractivity (Wildman–Crippen MR) is 123 cm³/mol. The topological polar surface area (TPSA) is 75.0 Å². The first-order valence-electron chi connectivity index (χ1n) is 10.1. The lowest BCUT2D eigenvalue weighted by molar-refractivity contribution is 0.495. The summed E-state index contributed by atoms with van der Waals surface area (Å²) in [5, 5.41) is 0.605. The van der Waals surface area contributed by atoms with Gasteiger partial charge in [-0.1, -0.05) is 31.0 Å². The number of aromatic nitrogens is 4. The minimum absolute atomic E-state index is 0.139. The molecule has 0 atom stereocenters. The van der Waals surface area contributed by atoms with E-state index in [-0.39, 0.29) is 17.8 Å². The van der Waals surface area contributed by atoms with E-state index in [0.717, 1.165) is 23.3 Å². The number of halogens is 1. The lowest BCUT2D eigenvalue weighted by atomic mass is 10.2. The summed E-state index contributed by atoms with van der Waals surface area (Å²) >= 11 is 7.89. The van der Waals surface area contributed by atoms with E-state index in [1.165, 1.54) is 4.57 Å². The molecule has 0 unspecified atom stereocenters. The third-order valence-electron chi connectivity index (χ3n) is 5.18. The van der Waals surface area contributed by atoms with Crippen molar-refractivity contribution in [3.8, 4) is 0 Å². The maximum atomic E-state index is 13.4. The maximum Gasteiger partial charge on any atom is 0.333 e. The van der Waals surface area contributed by atoms with E-state index in [9.17, 15) is 9.59 Å². The van der Waals surface area contributed by atoms with Gasteiger partial charge in [0.25, 0.3) is 5.56 Å². The van der Waals surface area contributed by atoms with Gasteiger partial charge in [0, 0.05) is 11.4 Å². The van der Waals surface area contributed by atoms with Crippen LogP contribution in [0.25, 0.3) is 11.2 Å². The largest absolute Gasteiger partial charge is 0.467 e. The van der Waals surface area contributed by atoms with Crippen LogP contribution in [-0.2, 0) is 19.6 Å². The van der Waals surface area contributed by atoms with Crippen LogP contribution in [0, 0.1) is 0 Å². The van der Waals surface area contributed by atoms with Crippen LogP contribution in [-0.4, -0.2) is 24.9 Å². The molecule has 0 fully saturated rings. The third kappa shape index (κ3) is 4.22. The molecule has 4 rings (SSSR count). The minimum atomic E-state index is -0.373. The SMILES string of the molecule is CCCCn1c(=O)n(Cc2ccc(SC)c(Cl)c2)c(=O)c2c1ncn2Cc1ccco1. The highest BCUT2D eigenvalue weighted by Gasteiger charge is 2.19. The molecule has 0 aliphatic carbocycles. The number of imidazole rings is 1. The summed E-state index contributed by atoms with van der Waals surface area (Å²) in [7, 11) is 0. The van der Waals surface area contributed by atoms with E-state index in [0.29, 0.717) is 35.0 Å². The molecule has 0 spiro atoms. The van der Waals surface area contributed by atoms with Crippen molar-refractivity contribution < 1.29 is 4.42 Å². The Morgan fingerprint density at radius 3 is 2.68 bits per heavy atom. The van der Waals surface area contributed by atoms with Crippen molar-refractivity contribution in [3.63, 3.8) is 0 Å². The quantitative estimate of drug-likeness (QED) is 0.369. The molecule has 4 aromatic rings. The average molecular weight is 459 g/mol. The first-order valence-corrected chi connectivity index (χ1v) is 11.7. The van der Waals surface area contributed by atoms with Gasteiger partial charge in [-0.2, -0.15) is 0 Å². The Hall–Kier alpha value is -2.71. The molecule has 0 saturated heterocycles. The first-order chi connectivity index (χ1) is 15.0. The standard InChI is InChI=1S/C22H23ClN4O3S/c1-3-4-9-26-20-19(25(14-24-20)13-16-6-5-10-30-16)21(28)27(22(26)29)12-15-7-8-18(31-2)17(23)11-15/h5-8,10-11,14H,3-4,9,12-13H2,1-2H3. The molecule has 0 bridgehead atoms. The van der Waals surface area contributed by atoms with Crippen molar-refractivity contribution in [3.05, 3.63) is 80.1 Å². The summed E-state index contributed by atoms with van der Waals surface area (Å²) in [4.78, 5) is 32.0. The molecule has 3 aromatic heterocycles. The number of thioether (sulfide) groups is 1. The monoisotopic (exact) mass is 458 g/mol. The average Bonchev–Trinajstić information content (AvgIpc) is 3.42. The van der Waals surface area contributed by atoms with Crippen LogP contribution in [0.5, 0.6) is 0 Å². The van der Waals surface area contributed by atoms with Gasteiger partial charge < -0.3 is 8.98 Å². The summed E-state index contributed by atoms with van der Waals surface area (Å²) in [5.41, 5.74) is 0.850. The van der Waals surface area contributed by atoms with Crippen LogP contribution >= 0.6 is 23.4 Å². The van der Waals surface area contributed by atoms with Gasteiger partial charge in [0.15, 0.2) is 11.2 Å². The summed E-state index contributed by atoms with van der Waals surface area (Å²) in [6.07, 6.45) is 6.86. The van der Waals surface area contributed by atoms with Crippen molar-refractivity contribution in [2.24, 2.45) is 0 Å². The molecule has 9 heteroatoms. The van der Waals surface area contributed by atoms with Crippen LogP contribution in [0.4, 0.5) is 0 Å². The van der Waals surface area contributed by atoms with Gasteiger partial charge in [0.05, 0.1) is 30.7 Å². The number of nitrogens with zero attached hydrogens (tertiary/aromatic N) is 4. The molecule has 31 heavy (non-hydrogen) atoms. The number of unbranched alkanes of at least 4 members (excludes halogenated alkanes) is 1. The van der Waals surface area contributed by atoms with Crippen molar-refractivity contribution in [2.75, 3.05) is 6.26 Å². The van der Waals surface area contributed by atoms with Gasteiger partial charge in [-0.3, -0.25) is 13.9 Å². The number of benzene rings is 1. The van der Waals surface area contributed by atoms with Crippen molar-refractivity contribution in [1.82, 2.24) is 18.7 Å². The summed E-state index contributed by atoms with van der Waals surface area (Å²) < 4.78 is 10.0. The second-order valence-corrected chi connectivity index (χ2v) is 8.53. The van der Waals surface area contributed by atoms with Crippen molar-refractivity contribution in [1.29, 1.82) is 0 Å². The number of furan rings is 1. The Bertz CT molecular complexity index is 1320. The molecule has 3 heterocycles. The summed E-state index contributed by atoms with van der Waals surface area (Å²) in [6.45, 7) is 3.05. The normalized spacial score (nSPS) is 11.5. The Morgan fingerprint density at radius 2 is 2.00 bits per heavy atom. The molecule has 1 aromatic carbocycles. The number of hydrogen-bond donors (Lipinski definition) is 0. The zero-order valence-electron chi connectivity index (χ0n) is 17.4. The fraction of sp³-hybridized carbons (Fsp3) is 0.318. The number of aryl methyl sites for hydroxylation is 1. The number of fused-ring (bicyclic) bond motifs is 1. The van der Waals surface area contributed by atoms with E-state index in [1.807, 2.05) is 24.5 Å². The molecular formula is C22H23ClN4O3S. The Labute approximate surface area is 188 Å². The Morgan fingerprint density at radius 1 is 1.16 bits per heavy atom. The van der Waals surface area contributed by atoms with E-state index in [4.69, 9.17) is 16.0 Å². The summed E-state index contributed by atoms with van der Waals surface area (Å²) in [5.74, 6) is 0.705. The molecule has 162 valence electrons. The molecule has 0 aliphatic heterocycles. The van der Waals surface area contributed by atoms with E-state index >= 15 is 0 Å². The molecule has 0 amide bonds. The first kappa shape index (κ1) is 21.5. The number of hydrogen-bond acceptors (Lipinski definition) is 5. The van der Waals surface area contributed by atoms with Gasteiger partial charge in [-0.05, 0) is 42.5 Å². The highest BCUT2D eigenvalue weighted by Crippen LogP contribution is 2.26. The molecule has 0 saturated carbocycles. The Balaban J connectivity index is 1.86. The van der Waals surface area contributed by atoms with Crippen LogP contribution < -0.4 is 11.2 Å². The van der Waals surface area contributed by atoms with Crippen LogP contribution in [0.15, 0.2) is 61.8 Å². The Kier molecular flexibility index (Phi) is 6.38. The minimum Gasteiger partial charge on any atom is -0.467 e. The molecule has 0 N–H and O–H groups in total. The van der Waals surface area contributed by atoms with Gasteiger partial charge >= 0.3 is 5.69 Å². The number of rotatable bonds is 8. The van der Waals surface area contributed by atoms with Gasteiger partial charge in [-0.15, -0.1) is 11.8 Å². The smallest absolute Gasteiger partial charge is 0.333 e. The third-order valence-corrected chi connectivity index (χ3v) is 6.40. The molecule has 0 aliphatic rings. The van der Waals surface area contributed by atoms with Crippen LogP contribution in [0.3, 0.4) is 0 Å².